The standard InChI is InChI=1S/C42H24O/c1-2-10-30-25(6-1)7-4-11-31(30)29-18-22-38-37(24-29)35-13-5-12-34-33(21-23-39(43-38)42(34)35)32-19-16-28-15-14-26-8-3-9-27-17-20-36(32)41(28)40(26)27/h1-24H/i3D,8D,9D,14D,15D,16D,17D,19D,20D. The van der Waals surface area contributed by atoms with Gasteiger partial charge in [-0.3, -0.25) is 0 Å². The Morgan fingerprint density at radius 2 is 1.12 bits per heavy atom. The van der Waals surface area contributed by atoms with Gasteiger partial charge in [0.2, 0.25) is 0 Å². The Balaban J connectivity index is 1.30. The molecule has 0 unspecified atom stereocenters. The predicted molar refractivity (Wildman–Crippen MR) is 182 cm³/mol. The summed E-state index contributed by atoms with van der Waals surface area (Å²) in [6.45, 7) is 0. The van der Waals surface area contributed by atoms with Crippen LogP contribution in [0.4, 0.5) is 0 Å². The third kappa shape index (κ3) is 3.17. The topological polar surface area (TPSA) is 9.23 Å². The Bertz CT molecular complexity index is 3070. The molecule has 1 aliphatic rings. The van der Waals surface area contributed by atoms with Crippen molar-refractivity contribution >= 4 is 53.9 Å². The maximum Gasteiger partial charge on any atom is 0.135 e. The van der Waals surface area contributed by atoms with Gasteiger partial charge in [0.25, 0.3) is 0 Å². The molecule has 0 saturated carbocycles. The summed E-state index contributed by atoms with van der Waals surface area (Å²) in [5.41, 5.74) is 4.65. The van der Waals surface area contributed by atoms with Crippen molar-refractivity contribution in [3.05, 3.63) is 145 Å². The first kappa shape index (κ1) is 16.1. The number of rotatable bonds is 2. The van der Waals surface area contributed by atoms with E-state index < -0.39 is 30.2 Å². The minimum atomic E-state index is -0.494. The molecule has 43 heavy (non-hydrogen) atoms. The van der Waals surface area contributed by atoms with Crippen LogP contribution >= 0.6 is 0 Å². The van der Waals surface area contributed by atoms with E-state index in [1.54, 1.807) is 6.07 Å². The van der Waals surface area contributed by atoms with Crippen molar-refractivity contribution in [1.29, 1.82) is 0 Å². The molecule has 0 bridgehead atoms. The van der Waals surface area contributed by atoms with E-state index in [9.17, 15) is 4.11 Å². The van der Waals surface area contributed by atoms with Gasteiger partial charge in [-0.1, -0.05) is 127 Å². The fourth-order valence-electron chi connectivity index (χ4n) is 6.76. The van der Waals surface area contributed by atoms with Crippen LogP contribution in [0.5, 0.6) is 11.5 Å². The molecule has 0 fully saturated rings. The van der Waals surface area contributed by atoms with Gasteiger partial charge < -0.3 is 4.74 Å². The van der Waals surface area contributed by atoms with E-state index in [-0.39, 0.29) is 62.1 Å². The van der Waals surface area contributed by atoms with Crippen molar-refractivity contribution in [2.45, 2.75) is 0 Å². The van der Waals surface area contributed by atoms with Gasteiger partial charge in [0, 0.05) is 10.9 Å². The molecular weight excluding hydrogens is 520 g/mol. The number of hydrogen-bond donors (Lipinski definition) is 0. The van der Waals surface area contributed by atoms with Crippen molar-refractivity contribution in [3.63, 3.8) is 0 Å². The predicted octanol–water partition coefficient (Wildman–Crippen LogP) is 12.0. The molecule has 1 heterocycles. The molecule has 10 rings (SSSR count). The van der Waals surface area contributed by atoms with Gasteiger partial charge >= 0.3 is 0 Å². The molecule has 1 heteroatoms. The Kier molecular flexibility index (Phi) is 3.16. The van der Waals surface area contributed by atoms with E-state index in [4.69, 9.17) is 13.0 Å². The second-order valence-corrected chi connectivity index (χ2v) is 10.9. The second-order valence-electron chi connectivity index (χ2n) is 10.9. The molecule has 0 amide bonds. The average molecular weight is 554 g/mol. The van der Waals surface area contributed by atoms with Crippen molar-refractivity contribution in [2.75, 3.05) is 0 Å². The van der Waals surface area contributed by atoms with Crippen LogP contribution in [0.1, 0.15) is 12.3 Å². The van der Waals surface area contributed by atoms with Crippen LogP contribution in [0.15, 0.2) is 145 Å². The highest BCUT2D eigenvalue weighted by Crippen LogP contribution is 2.50. The van der Waals surface area contributed by atoms with Gasteiger partial charge in [-0.15, -0.1) is 0 Å². The summed E-state index contributed by atoms with van der Waals surface area (Å²) < 4.78 is 86.8. The Hall–Kier alpha value is -5.66. The van der Waals surface area contributed by atoms with Gasteiger partial charge in [-0.2, -0.15) is 0 Å². The molecule has 0 N–H and O–H groups in total. The van der Waals surface area contributed by atoms with Gasteiger partial charge in [0.15, 0.2) is 0 Å². The Morgan fingerprint density at radius 1 is 0.395 bits per heavy atom. The molecule has 0 saturated heterocycles. The zero-order valence-electron chi connectivity index (χ0n) is 31.6. The van der Waals surface area contributed by atoms with Gasteiger partial charge in [0.1, 0.15) is 11.5 Å². The van der Waals surface area contributed by atoms with E-state index in [2.05, 4.69) is 36.4 Å². The van der Waals surface area contributed by atoms with E-state index in [0.29, 0.717) is 22.4 Å². The highest BCUT2D eigenvalue weighted by molar-refractivity contribution is 6.26. The molecule has 0 aromatic heterocycles. The normalized spacial score (nSPS) is 15.3. The van der Waals surface area contributed by atoms with Crippen LogP contribution in [0, 0.1) is 0 Å². The number of hydrogen-bond acceptors (Lipinski definition) is 1. The van der Waals surface area contributed by atoms with Crippen LogP contribution in [-0.2, 0) is 0 Å². The van der Waals surface area contributed by atoms with Crippen LogP contribution in [-0.4, -0.2) is 0 Å². The van der Waals surface area contributed by atoms with Gasteiger partial charge in [-0.25, -0.2) is 0 Å². The summed E-state index contributed by atoms with van der Waals surface area (Å²) in [7, 11) is 0. The molecule has 9 aromatic rings. The maximum absolute atomic E-state index is 9.34. The molecule has 0 radical (unpaired) electrons. The fraction of sp³-hybridized carbons (Fsp3) is 0. The monoisotopic (exact) mass is 553 g/mol. The highest BCUT2D eigenvalue weighted by atomic mass is 16.5. The largest absolute Gasteiger partial charge is 0.456 e. The summed E-state index contributed by atoms with van der Waals surface area (Å²) >= 11 is 0. The lowest BCUT2D eigenvalue weighted by molar-refractivity contribution is 0.487. The minimum Gasteiger partial charge on any atom is -0.456 e. The van der Waals surface area contributed by atoms with Crippen molar-refractivity contribution in [3.8, 4) is 44.9 Å². The quantitative estimate of drug-likeness (QED) is 0.193. The maximum atomic E-state index is 9.34. The first-order chi connectivity index (χ1) is 25.1. The lowest BCUT2D eigenvalue weighted by Gasteiger charge is -2.24. The molecule has 9 aromatic carbocycles. The summed E-state index contributed by atoms with van der Waals surface area (Å²) in [4.78, 5) is 0. The second kappa shape index (κ2) is 8.44. The first-order valence-electron chi connectivity index (χ1n) is 18.6. The summed E-state index contributed by atoms with van der Waals surface area (Å²) in [6, 6.07) is 26.7. The number of ether oxygens (including phenoxy) is 1. The molecule has 1 aliphatic heterocycles. The Labute approximate surface area is 261 Å². The molecule has 0 atom stereocenters. The van der Waals surface area contributed by atoms with Crippen LogP contribution in [0.2, 0.25) is 0 Å². The molecule has 0 aliphatic carbocycles. The lowest BCUT2D eigenvalue weighted by atomic mass is 9.86. The summed E-state index contributed by atoms with van der Waals surface area (Å²) in [6.07, 6.45) is 0. The number of fused-ring (bicyclic) bond motifs is 3. The highest BCUT2D eigenvalue weighted by Gasteiger charge is 2.23. The minimum absolute atomic E-state index is 0.0442. The van der Waals surface area contributed by atoms with Gasteiger partial charge in [-0.05, 0) is 94.5 Å². The molecule has 1 nitrogen and oxygen atoms in total. The van der Waals surface area contributed by atoms with E-state index >= 15 is 0 Å². The van der Waals surface area contributed by atoms with Gasteiger partial charge in [0.05, 0.1) is 12.3 Å². The average Bonchev–Trinajstić information content (AvgIpc) is 3.16. The zero-order chi connectivity index (χ0) is 35.9. The Morgan fingerprint density at radius 3 is 2.05 bits per heavy atom. The zero-order valence-corrected chi connectivity index (χ0v) is 22.6. The first-order valence-corrected chi connectivity index (χ1v) is 14.1. The van der Waals surface area contributed by atoms with E-state index in [0.717, 1.165) is 38.4 Å². The van der Waals surface area contributed by atoms with E-state index in [1.165, 1.54) is 0 Å². The van der Waals surface area contributed by atoms with Crippen molar-refractivity contribution < 1.29 is 17.1 Å². The molecular formula is C42H24O. The third-order valence-electron chi connectivity index (χ3n) is 8.67. The summed E-state index contributed by atoms with van der Waals surface area (Å²) in [5.74, 6) is 1.30. The lowest BCUT2D eigenvalue weighted by Crippen LogP contribution is -1.98. The SMILES string of the molecule is [2H]c1c([2H])c2c([2H])c([2H])c3c([2H])c([2H])c(-c4ccc5c6c(cccc46)-c4cc(-c6cccc7ccccc67)ccc4O5)c4c([2H])c([2H])c(c1[2H])c2c34. The molecule has 198 valence electrons. The van der Waals surface area contributed by atoms with Crippen molar-refractivity contribution in [1.82, 2.24) is 0 Å². The third-order valence-corrected chi connectivity index (χ3v) is 8.67. The smallest absolute Gasteiger partial charge is 0.135 e. The van der Waals surface area contributed by atoms with Crippen LogP contribution in [0.25, 0.3) is 87.2 Å². The molecule has 0 spiro atoms. The number of benzene rings is 9. The van der Waals surface area contributed by atoms with E-state index in [1.807, 2.05) is 48.5 Å². The summed E-state index contributed by atoms with van der Waals surface area (Å²) in [5, 5.41) is 4.03. The van der Waals surface area contributed by atoms with Crippen LogP contribution in [0.3, 0.4) is 0 Å². The van der Waals surface area contributed by atoms with Crippen LogP contribution < -0.4 is 4.74 Å². The fourth-order valence-corrected chi connectivity index (χ4v) is 6.76. The van der Waals surface area contributed by atoms with Crippen molar-refractivity contribution in [2.24, 2.45) is 0 Å².